The molecule has 3 rings (SSSR count). The molecule has 0 heterocycles. The van der Waals surface area contributed by atoms with Gasteiger partial charge in [-0.15, -0.1) is 0 Å². The average Bonchev–Trinajstić information content (AvgIpc) is 3.08. The Morgan fingerprint density at radius 1 is 0.479 bits per heavy atom. The average molecular weight is 660 g/mol. The molecule has 3 aromatic carbocycles. The molecule has 0 aliphatic heterocycles. The largest absolute Gasteiger partial charge is 0.494 e. The van der Waals surface area contributed by atoms with E-state index in [1.165, 1.54) is 44.9 Å². The number of benzene rings is 3. The second-order valence-corrected chi connectivity index (χ2v) is 12.5. The zero-order valence-corrected chi connectivity index (χ0v) is 29.8. The first-order valence-electron chi connectivity index (χ1n) is 18.1. The molecule has 0 fully saturated rings. The smallest absolute Gasteiger partial charge is 0.123 e. The molecule has 0 aliphatic carbocycles. The first-order valence-corrected chi connectivity index (χ1v) is 18.1. The van der Waals surface area contributed by atoms with Crippen LogP contribution in [-0.4, -0.2) is 19.8 Å². The molecule has 0 radical (unpaired) electrons. The van der Waals surface area contributed by atoms with Crippen molar-refractivity contribution in [2.75, 3.05) is 19.8 Å². The van der Waals surface area contributed by atoms with Gasteiger partial charge < -0.3 is 23.7 Å². The molecule has 0 saturated carbocycles. The van der Waals surface area contributed by atoms with Crippen molar-refractivity contribution in [3.05, 3.63) is 87.3 Å². The van der Waals surface area contributed by atoms with Gasteiger partial charge in [-0.2, -0.15) is 0 Å². The number of nitrogens with zero attached hydrogens (tertiary/aromatic N) is 3. The lowest BCUT2D eigenvalue weighted by atomic mass is 10.1. The van der Waals surface area contributed by atoms with Crippen molar-refractivity contribution in [1.82, 2.24) is 0 Å². The van der Waals surface area contributed by atoms with Gasteiger partial charge in [0.2, 0.25) is 0 Å². The summed E-state index contributed by atoms with van der Waals surface area (Å²) in [4.78, 5) is 2.94. The van der Waals surface area contributed by atoms with Crippen LogP contribution >= 0.6 is 0 Å². The summed E-state index contributed by atoms with van der Waals surface area (Å²) in [5.41, 5.74) is 12.9. The molecular formula is C40H57N3O5. The fourth-order valence-corrected chi connectivity index (χ4v) is 5.36. The molecule has 3 aromatic rings. The molecule has 0 aromatic heterocycles. The lowest BCUT2D eigenvalue weighted by molar-refractivity contribution is 0.278. The zero-order chi connectivity index (χ0) is 34.2. The highest BCUT2D eigenvalue weighted by molar-refractivity contribution is 5.41. The minimum absolute atomic E-state index is 0.196. The van der Waals surface area contributed by atoms with E-state index in [-0.39, 0.29) is 6.54 Å². The van der Waals surface area contributed by atoms with Gasteiger partial charge >= 0.3 is 0 Å². The summed E-state index contributed by atoms with van der Waals surface area (Å²) in [5.74, 6) is 3.71. The minimum atomic E-state index is 0.196. The van der Waals surface area contributed by atoms with Crippen LogP contribution in [0.25, 0.3) is 10.4 Å². The van der Waals surface area contributed by atoms with E-state index in [4.69, 9.17) is 29.2 Å². The monoisotopic (exact) mass is 659 g/mol. The molecule has 8 nitrogen and oxygen atoms in total. The third-order valence-corrected chi connectivity index (χ3v) is 7.92. The molecule has 0 unspecified atom stereocenters. The summed E-state index contributed by atoms with van der Waals surface area (Å²) in [5, 5.41) is 3.77. The number of hydrogen-bond acceptors (Lipinski definition) is 6. The molecule has 0 N–H and O–H groups in total. The zero-order valence-electron chi connectivity index (χ0n) is 29.8. The Morgan fingerprint density at radius 2 is 0.875 bits per heavy atom. The fraction of sp³-hybridized carbons (Fsp3) is 0.550. The number of hydrogen-bond donors (Lipinski definition) is 0. The van der Waals surface area contributed by atoms with Crippen molar-refractivity contribution >= 4 is 0 Å². The maximum Gasteiger partial charge on any atom is 0.123 e. The number of rotatable bonds is 26. The van der Waals surface area contributed by atoms with Crippen LogP contribution < -0.4 is 23.7 Å². The number of unbranched alkanes of at least 4 members (excludes halogenated alkanes) is 9. The van der Waals surface area contributed by atoms with Crippen molar-refractivity contribution in [3.8, 4) is 28.7 Å². The van der Waals surface area contributed by atoms with Gasteiger partial charge in [-0.25, -0.2) is 0 Å². The summed E-state index contributed by atoms with van der Waals surface area (Å²) < 4.78 is 30.8. The summed E-state index contributed by atoms with van der Waals surface area (Å²) in [6.45, 7) is 11.6. The molecule has 0 bridgehead atoms. The fourth-order valence-electron chi connectivity index (χ4n) is 5.36. The van der Waals surface area contributed by atoms with Crippen molar-refractivity contribution in [2.45, 2.75) is 125 Å². The number of ether oxygens (including phenoxy) is 5. The summed E-state index contributed by atoms with van der Waals surface area (Å²) >= 11 is 0. The van der Waals surface area contributed by atoms with Gasteiger partial charge in [0.1, 0.15) is 42.0 Å². The van der Waals surface area contributed by atoms with Crippen LogP contribution in [0, 0.1) is 6.92 Å². The van der Waals surface area contributed by atoms with Crippen LogP contribution in [0.1, 0.15) is 120 Å². The molecule has 0 saturated heterocycles. The summed E-state index contributed by atoms with van der Waals surface area (Å²) in [6, 6.07) is 17.9. The van der Waals surface area contributed by atoms with E-state index >= 15 is 0 Å². The van der Waals surface area contributed by atoms with Crippen molar-refractivity contribution < 1.29 is 23.7 Å². The van der Waals surface area contributed by atoms with Crippen LogP contribution in [0.4, 0.5) is 0 Å². The standard InChI is InChI=1S/C40H57N3O5/c1-5-8-11-14-17-44-36-21-32(4)20-34(24-36)30-47-39-22-33(29-42-43-41)23-40(28-39)48-31-35-25-37(45-18-15-12-9-6-2)27-38(26-35)46-19-16-13-10-7-3/h20-28H,5-19,29-31H2,1-4H3. The summed E-state index contributed by atoms with van der Waals surface area (Å²) in [7, 11) is 0. The van der Waals surface area contributed by atoms with Gasteiger partial charge in [0.15, 0.2) is 0 Å². The topological polar surface area (TPSA) is 94.9 Å². The highest BCUT2D eigenvalue weighted by Gasteiger charge is 2.09. The lowest BCUT2D eigenvalue weighted by Crippen LogP contribution is -2.03. The van der Waals surface area contributed by atoms with Crippen molar-refractivity contribution in [2.24, 2.45) is 5.11 Å². The summed E-state index contributed by atoms with van der Waals surface area (Å²) in [6.07, 6.45) is 13.9. The number of aryl methyl sites for hydroxylation is 1. The third-order valence-electron chi connectivity index (χ3n) is 7.92. The van der Waals surface area contributed by atoms with Crippen LogP contribution in [-0.2, 0) is 19.8 Å². The molecule has 0 atom stereocenters. The van der Waals surface area contributed by atoms with E-state index in [9.17, 15) is 0 Å². The van der Waals surface area contributed by atoms with Crippen molar-refractivity contribution in [3.63, 3.8) is 0 Å². The van der Waals surface area contributed by atoms with Gasteiger partial charge in [0, 0.05) is 17.0 Å². The van der Waals surface area contributed by atoms with E-state index in [2.05, 4.69) is 49.9 Å². The van der Waals surface area contributed by atoms with Gasteiger partial charge in [-0.05, 0) is 90.4 Å². The quantitative estimate of drug-likeness (QED) is 0.0370. The van der Waals surface area contributed by atoms with Crippen LogP contribution in [0.15, 0.2) is 59.7 Å². The van der Waals surface area contributed by atoms with Gasteiger partial charge in [0.25, 0.3) is 0 Å². The lowest BCUT2D eigenvalue weighted by Gasteiger charge is -2.15. The van der Waals surface area contributed by atoms with Gasteiger partial charge in [0.05, 0.1) is 26.4 Å². The van der Waals surface area contributed by atoms with Gasteiger partial charge in [-0.1, -0.05) is 89.7 Å². The third kappa shape index (κ3) is 15.7. The highest BCUT2D eigenvalue weighted by Crippen LogP contribution is 2.29. The predicted octanol–water partition coefficient (Wildman–Crippen LogP) is 11.8. The Hall–Kier alpha value is -4.03. The predicted molar refractivity (Wildman–Crippen MR) is 194 cm³/mol. The highest BCUT2D eigenvalue weighted by atomic mass is 16.5. The Kier molecular flexibility index (Phi) is 18.7. The van der Waals surface area contributed by atoms with Crippen LogP contribution in [0.3, 0.4) is 0 Å². The molecule has 0 aliphatic rings. The Bertz CT molecular complexity index is 1360. The Morgan fingerprint density at radius 3 is 1.31 bits per heavy atom. The Labute approximate surface area is 288 Å². The second-order valence-electron chi connectivity index (χ2n) is 12.5. The van der Waals surface area contributed by atoms with E-state index in [0.717, 1.165) is 71.6 Å². The van der Waals surface area contributed by atoms with E-state index in [1.54, 1.807) is 0 Å². The SMILES string of the molecule is CCCCCCOc1cc(C)cc(COc2cc(CN=[N+]=[N-])cc(OCc3cc(OCCCCCC)cc(OCCCCCC)c3)c2)c1. The maximum atomic E-state index is 8.95. The molecule has 0 amide bonds. The molecular weight excluding hydrogens is 602 g/mol. The first-order chi connectivity index (χ1) is 23.5. The minimum Gasteiger partial charge on any atom is -0.494 e. The Balaban J connectivity index is 1.70. The van der Waals surface area contributed by atoms with Crippen LogP contribution in [0.5, 0.6) is 28.7 Å². The van der Waals surface area contributed by atoms with E-state index in [1.807, 2.05) is 42.5 Å². The molecule has 8 heteroatoms. The molecule has 0 spiro atoms. The molecule has 262 valence electrons. The second kappa shape index (κ2) is 23.3. The van der Waals surface area contributed by atoms with E-state index < -0.39 is 0 Å². The maximum absolute atomic E-state index is 8.95. The van der Waals surface area contributed by atoms with Crippen LogP contribution in [0.2, 0.25) is 0 Å². The van der Waals surface area contributed by atoms with Crippen molar-refractivity contribution in [1.29, 1.82) is 0 Å². The number of azide groups is 1. The molecule has 48 heavy (non-hydrogen) atoms. The van der Waals surface area contributed by atoms with Gasteiger partial charge in [-0.3, -0.25) is 0 Å². The normalized spacial score (nSPS) is 10.8. The first kappa shape index (κ1) is 38.4. The van der Waals surface area contributed by atoms with E-state index in [0.29, 0.717) is 44.5 Å².